The molecule has 0 saturated carbocycles. The zero-order valence-corrected chi connectivity index (χ0v) is 17.2. The average molecular weight is 498 g/mol. The molecule has 0 aromatic heterocycles. The highest BCUT2D eigenvalue weighted by molar-refractivity contribution is 14.0. The quantitative estimate of drug-likeness (QED) is 0.291. The van der Waals surface area contributed by atoms with E-state index in [0.29, 0.717) is 5.96 Å². The van der Waals surface area contributed by atoms with E-state index in [1.165, 1.54) is 0 Å². The minimum absolute atomic E-state index is 0. The molecule has 2 aliphatic heterocycles. The topological polar surface area (TPSA) is 66.0 Å². The van der Waals surface area contributed by atoms with Crippen molar-refractivity contribution in [3.8, 4) is 0 Å². The molecule has 1 aromatic rings. The predicted molar refractivity (Wildman–Crippen MR) is 106 cm³/mol. The monoisotopic (exact) mass is 498 g/mol. The predicted octanol–water partition coefficient (Wildman–Crippen LogP) is 2.35. The third-order valence-corrected chi connectivity index (χ3v) is 4.85. The van der Waals surface area contributed by atoms with Crippen molar-refractivity contribution in [1.82, 2.24) is 10.2 Å². The lowest BCUT2D eigenvalue weighted by Crippen LogP contribution is -2.44. The first-order chi connectivity index (χ1) is 12.4. The van der Waals surface area contributed by atoms with Gasteiger partial charge in [0, 0.05) is 32.2 Å². The van der Waals surface area contributed by atoms with Gasteiger partial charge in [-0.15, -0.1) is 24.0 Å². The molecule has 1 atom stereocenters. The highest BCUT2D eigenvalue weighted by Gasteiger charge is 2.42. The SMILES string of the molecule is CN=C(NCC(=O)Nc1ccc(F)c(F)c1F)N1CCC2(CCOC2)C1.I. The van der Waals surface area contributed by atoms with Crippen molar-refractivity contribution in [3.63, 3.8) is 0 Å². The van der Waals surface area contributed by atoms with Crippen LogP contribution in [0.1, 0.15) is 12.8 Å². The number of benzene rings is 1. The molecule has 0 aliphatic carbocycles. The summed E-state index contributed by atoms with van der Waals surface area (Å²) in [6, 6.07) is 1.73. The van der Waals surface area contributed by atoms with Crippen LogP contribution in [0.3, 0.4) is 0 Å². The van der Waals surface area contributed by atoms with Gasteiger partial charge >= 0.3 is 0 Å². The van der Waals surface area contributed by atoms with E-state index in [-0.39, 0.29) is 35.9 Å². The Balaban J connectivity index is 0.00000261. The van der Waals surface area contributed by atoms with Gasteiger partial charge in [-0.05, 0) is 25.0 Å². The third kappa shape index (κ3) is 4.84. The molecule has 2 fully saturated rings. The van der Waals surface area contributed by atoms with Gasteiger partial charge in [0.25, 0.3) is 0 Å². The van der Waals surface area contributed by atoms with Crippen molar-refractivity contribution in [2.24, 2.45) is 10.4 Å². The Labute approximate surface area is 172 Å². The lowest BCUT2D eigenvalue weighted by molar-refractivity contribution is -0.115. The highest BCUT2D eigenvalue weighted by atomic mass is 127. The Morgan fingerprint density at radius 1 is 1.30 bits per heavy atom. The summed E-state index contributed by atoms with van der Waals surface area (Å²) in [6.45, 7) is 2.93. The van der Waals surface area contributed by atoms with E-state index in [9.17, 15) is 18.0 Å². The van der Waals surface area contributed by atoms with Crippen LogP contribution >= 0.6 is 24.0 Å². The first-order valence-electron chi connectivity index (χ1n) is 8.41. The van der Waals surface area contributed by atoms with Crippen molar-refractivity contribution >= 4 is 41.5 Å². The summed E-state index contributed by atoms with van der Waals surface area (Å²) in [7, 11) is 1.62. The van der Waals surface area contributed by atoms with Gasteiger partial charge in [0.1, 0.15) is 0 Å². The van der Waals surface area contributed by atoms with Crippen LogP contribution in [0.4, 0.5) is 18.9 Å². The molecule has 27 heavy (non-hydrogen) atoms. The zero-order valence-electron chi connectivity index (χ0n) is 14.9. The van der Waals surface area contributed by atoms with E-state index < -0.39 is 29.0 Å². The van der Waals surface area contributed by atoms with Gasteiger partial charge in [-0.1, -0.05) is 0 Å². The number of likely N-dealkylation sites (tertiary alicyclic amines) is 1. The number of guanidine groups is 1. The fourth-order valence-corrected chi connectivity index (χ4v) is 3.40. The summed E-state index contributed by atoms with van der Waals surface area (Å²) in [5, 5.41) is 5.14. The van der Waals surface area contributed by atoms with Crippen LogP contribution in [0.2, 0.25) is 0 Å². The minimum atomic E-state index is -1.62. The number of ether oxygens (including phenoxy) is 1. The van der Waals surface area contributed by atoms with Gasteiger partial charge in [0.2, 0.25) is 5.91 Å². The molecule has 3 rings (SSSR count). The molecule has 150 valence electrons. The number of nitrogens with one attached hydrogen (secondary N) is 2. The van der Waals surface area contributed by atoms with Gasteiger partial charge in [-0.25, -0.2) is 13.2 Å². The molecule has 2 saturated heterocycles. The Kier molecular flexibility index (Phi) is 7.32. The number of hydrogen-bond donors (Lipinski definition) is 2. The number of hydrogen-bond acceptors (Lipinski definition) is 3. The van der Waals surface area contributed by atoms with E-state index in [2.05, 4.69) is 20.5 Å². The van der Waals surface area contributed by atoms with E-state index in [1.54, 1.807) is 7.05 Å². The number of halogens is 4. The van der Waals surface area contributed by atoms with Crippen LogP contribution in [0.15, 0.2) is 17.1 Å². The normalized spacial score (nSPS) is 22.1. The summed E-state index contributed by atoms with van der Waals surface area (Å²) in [4.78, 5) is 18.2. The molecule has 1 spiro atoms. The molecule has 1 amide bonds. The highest BCUT2D eigenvalue weighted by Crippen LogP contribution is 2.38. The number of carbonyl (C=O) groups is 1. The van der Waals surface area contributed by atoms with Crippen molar-refractivity contribution in [2.45, 2.75) is 12.8 Å². The largest absolute Gasteiger partial charge is 0.381 e. The second-order valence-corrected chi connectivity index (χ2v) is 6.65. The summed E-state index contributed by atoms with van der Waals surface area (Å²) in [5.74, 6) is -4.38. The summed E-state index contributed by atoms with van der Waals surface area (Å²) in [6.07, 6.45) is 2.01. The number of rotatable bonds is 3. The van der Waals surface area contributed by atoms with Crippen molar-refractivity contribution in [2.75, 3.05) is 45.2 Å². The fourth-order valence-electron chi connectivity index (χ4n) is 3.40. The molecule has 1 aromatic carbocycles. The Bertz CT molecular complexity index is 726. The molecular weight excluding hydrogens is 476 g/mol. The van der Waals surface area contributed by atoms with Crippen molar-refractivity contribution in [1.29, 1.82) is 0 Å². The van der Waals surface area contributed by atoms with E-state index in [4.69, 9.17) is 4.74 Å². The molecular formula is C17H22F3IN4O2. The lowest BCUT2D eigenvalue weighted by atomic mass is 9.87. The third-order valence-electron chi connectivity index (χ3n) is 4.85. The maximum absolute atomic E-state index is 13.6. The average Bonchev–Trinajstić information content (AvgIpc) is 3.26. The molecule has 10 heteroatoms. The zero-order chi connectivity index (χ0) is 18.7. The minimum Gasteiger partial charge on any atom is -0.381 e. The Morgan fingerprint density at radius 2 is 2.07 bits per heavy atom. The maximum atomic E-state index is 13.6. The van der Waals surface area contributed by atoms with Crippen molar-refractivity contribution in [3.05, 3.63) is 29.6 Å². The Morgan fingerprint density at radius 3 is 2.74 bits per heavy atom. The van der Waals surface area contributed by atoms with Crippen LogP contribution in [-0.2, 0) is 9.53 Å². The number of nitrogens with zero attached hydrogens (tertiary/aromatic N) is 2. The molecule has 6 nitrogen and oxygen atoms in total. The van der Waals surface area contributed by atoms with Gasteiger partial charge in [-0.2, -0.15) is 0 Å². The number of anilines is 1. The summed E-state index contributed by atoms with van der Waals surface area (Å²) < 4.78 is 45.2. The van der Waals surface area contributed by atoms with Gasteiger partial charge < -0.3 is 20.3 Å². The first kappa shape index (κ1) is 21.7. The van der Waals surface area contributed by atoms with Crippen LogP contribution in [0.5, 0.6) is 0 Å². The number of aliphatic imine (C=N–C) groups is 1. The standard InChI is InChI=1S/C17H21F3N4O2.HI/c1-21-16(24-6-4-17(9-24)5-7-26-10-17)22-8-13(25)23-12-3-2-11(18)14(19)15(12)20;/h2-3H,4-10H2,1H3,(H,21,22)(H,23,25);1H. The summed E-state index contributed by atoms with van der Waals surface area (Å²) in [5.41, 5.74) is -0.261. The Hall–Kier alpha value is -1.56. The smallest absolute Gasteiger partial charge is 0.243 e. The first-order valence-corrected chi connectivity index (χ1v) is 8.41. The maximum Gasteiger partial charge on any atom is 0.243 e. The summed E-state index contributed by atoms with van der Waals surface area (Å²) >= 11 is 0. The van der Waals surface area contributed by atoms with E-state index >= 15 is 0 Å². The van der Waals surface area contributed by atoms with Crippen LogP contribution < -0.4 is 10.6 Å². The second-order valence-electron chi connectivity index (χ2n) is 6.65. The number of carbonyl (C=O) groups excluding carboxylic acids is 1. The van der Waals surface area contributed by atoms with Gasteiger partial charge in [0.15, 0.2) is 23.4 Å². The molecule has 1 unspecified atom stereocenters. The van der Waals surface area contributed by atoms with Crippen LogP contribution in [0.25, 0.3) is 0 Å². The molecule has 2 N–H and O–H groups in total. The van der Waals surface area contributed by atoms with Gasteiger partial charge in [-0.3, -0.25) is 9.79 Å². The van der Waals surface area contributed by atoms with E-state index in [0.717, 1.165) is 51.3 Å². The van der Waals surface area contributed by atoms with Crippen LogP contribution in [-0.4, -0.2) is 56.7 Å². The number of amides is 1. The molecule has 0 radical (unpaired) electrons. The van der Waals surface area contributed by atoms with Crippen LogP contribution in [0, 0.1) is 22.9 Å². The lowest BCUT2D eigenvalue weighted by Gasteiger charge is -2.24. The van der Waals surface area contributed by atoms with Crippen molar-refractivity contribution < 1.29 is 22.7 Å². The van der Waals surface area contributed by atoms with Gasteiger partial charge in [0.05, 0.1) is 18.8 Å². The fraction of sp³-hybridized carbons (Fsp3) is 0.529. The second kappa shape index (κ2) is 9.09. The molecule has 0 bridgehead atoms. The molecule has 2 heterocycles. The molecule has 2 aliphatic rings. The van der Waals surface area contributed by atoms with E-state index in [1.807, 2.05) is 0 Å².